The zero-order chi connectivity index (χ0) is 18.8. The molecule has 2 heterocycles. The molecule has 6 heteroatoms. The number of hydrogen-bond acceptors (Lipinski definition) is 4. The van der Waals surface area contributed by atoms with Crippen molar-refractivity contribution in [1.29, 1.82) is 0 Å². The Hall–Kier alpha value is -1.40. The van der Waals surface area contributed by atoms with Crippen molar-refractivity contribution in [3.05, 3.63) is 17.0 Å². The molecule has 1 aromatic rings. The van der Waals surface area contributed by atoms with E-state index in [9.17, 15) is 4.79 Å². The molecule has 0 radical (unpaired) electrons. The van der Waals surface area contributed by atoms with Crippen LogP contribution in [0.5, 0.6) is 0 Å². The van der Waals surface area contributed by atoms with Crippen LogP contribution < -0.4 is 5.32 Å². The van der Waals surface area contributed by atoms with E-state index in [-0.39, 0.29) is 18.0 Å². The zero-order valence-electron chi connectivity index (χ0n) is 16.9. The predicted octanol–water partition coefficient (Wildman–Crippen LogP) is 2.49. The average molecular weight is 363 g/mol. The number of carbonyl (C=O) groups is 1. The van der Waals surface area contributed by atoms with E-state index in [1.54, 1.807) is 0 Å². The molecule has 3 rings (SSSR count). The number of nitrogens with one attached hydrogen (secondary N) is 1. The lowest BCUT2D eigenvalue weighted by molar-refractivity contribution is -0.127. The number of aryl methyl sites for hydroxylation is 2. The van der Waals surface area contributed by atoms with Gasteiger partial charge in [-0.3, -0.25) is 9.48 Å². The van der Waals surface area contributed by atoms with Crippen LogP contribution >= 0.6 is 0 Å². The number of carbonyl (C=O) groups excluding carboxylic acids is 1. The summed E-state index contributed by atoms with van der Waals surface area (Å²) in [5.74, 6) is 0.855. The number of nitrogens with zero attached hydrogens (tertiary/aromatic N) is 3. The van der Waals surface area contributed by atoms with Gasteiger partial charge in [-0.15, -0.1) is 0 Å². The Labute approximate surface area is 157 Å². The summed E-state index contributed by atoms with van der Waals surface area (Å²) < 4.78 is 8.03. The number of rotatable bonds is 6. The van der Waals surface area contributed by atoms with Gasteiger partial charge in [-0.25, -0.2) is 0 Å². The molecule has 1 saturated carbocycles. The molecule has 1 amide bonds. The molecular weight excluding hydrogens is 328 g/mol. The second-order valence-electron chi connectivity index (χ2n) is 8.09. The van der Waals surface area contributed by atoms with Crippen LogP contribution in [-0.4, -0.2) is 52.9 Å². The molecular formula is C20H34N4O2. The van der Waals surface area contributed by atoms with Crippen molar-refractivity contribution in [2.75, 3.05) is 20.2 Å². The van der Waals surface area contributed by atoms with Crippen molar-refractivity contribution in [2.24, 2.45) is 13.0 Å². The highest BCUT2D eigenvalue weighted by atomic mass is 16.5. The fourth-order valence-corrected chi connectivity index (χ4v) is 4.65. The van der Waals surface area contributed by atoms with Crippen LogP contribution in [0.3, 0.4) is 0 Å². The summed E-state index contributed by atoms with van der Waals surface area (Å²) in [6.45, 7) is 7.90. The Balaban J connectivity index is 1.60. The van der Waals surface area contributed by atoms with E-state index >= 15 is 0 Å². The largest absolute Gasteiger partial charge is 0.377 e. The van der Waals surface area contributed by atoms with E-state index in [2.05, 4.69) is 24.3 Å². The summed E-state index contributed by atoms with van der Waals surface area (Å²) in [4.78, 5) is 14.2. The van der Waals surface area contributed by atoms with E-state index in [4.69, 9.17) is 4.74 Å². The van der Waals surface area contributed by atoms with Crippen LogP contribution in [-0.2, 0) is 16.6 Å². The quantitative estimate of drug-likeness (QED) is 0.790. The van der Waals surface area contributed by atoms with Crippen molar-refractivity contribution in [3.8, 4) is 0 Å². The van der Waals surface area contributed by atoms with Gasteiger partial charge in [0.05, 0.1) is 24.4 Å². The average Bonchev–Trinajstić information content (AvgIpc) is 3.01. The lowest BCUT2D eigenvalue weighted by atomic mass is 9.88. The number of likely N-dealkylation sites (tertiary alicyclic amines) is 1. The predicted molar refractivity (Wildman–Crippen MR) is 102 cm³/mol. The Morgan fingerprint density at radius 2 is 1.96 bits per heavy atom. The van der Waals surface area contributed by atoms with Crippen molar-refractivity contribution in [3.63, 3.8) is 0 Å². The first kappa shape index (κ1) is 19.4. The van der Waals surface area contributed by atoms with Crippen molar-refractivity contribution < 1.29 is 9.53 Å². The summed E-state index contributed by atoms with van der Waals surface area (Å²) in [6.07, 6.45) is 6.02. The van der Waals surface area contributed by atoms with E-state index in [1.807, 2.05) is 30.6 Å². The molecule has 2 aliphatic rings. The van der Waals surface area contributed by atoms with Gasteiger partial charge in [0.15, 0.2) is 0 Å². The molecule has 26 heavy (non-hydrogen) atoms. The summed E-state index contributed by atoms with van der Waals surface area (Å²) in [5.41, 5.74) is 3.32. The fraction of sp³-hybridized carbons (Fsp3) is 0.800. The smallest absolute Gasteiger partial charge is 0.224 e. The van der Waals surface area contributed by atoms with Gasteiger partial charge in [0.2, 0.25) is 5.91 Å². The number of likely N-dealkylation sites (N-methyl/N-ethyl adjacent to an activating group) is 1. The topological polar surface area (TPSA) is 59.4 Å². The van der Waals surface area contributed by atoms with Crippen LogP contribution in [0.25, 0.3) is 0 Å². The van der Waals surface area contributed by atoms with Gasteiger partial charge in [0, 0.05) is 44.4 Å². The van der Waals surface area contributed by atoms with E-state index < -0.39 is 0 Å². The first-order valence-corrected chi connectivity index (χ1v) is 10.0. The standard InChI is InChI=1S/C20H34N4O2/c1-13-8-6-7-9-17(13)26-11-10-21-16-12-18(25)23(4)20(16)19-14(2)22-24(5)15(19)3/h13,16-17,20-21H,6-12H2,1-5H3/t13?,16-,17?,20-/m1/s1. The SMILES string of the molecule is Cc1nn(C)c(C)c1[C@H]1[C@H](NCCOC2CCCCC2C)CC(=O)N1C. The van der Waals surface area contributed by atoms with Crippen molar-refractivity contribution >= 4 is 5.91 Å². The van der Waals surface area contributed by atoms with Gasteiger partial charge in [0.25, 0.3) is 0 Å². The molecule has 1 aromatic heterocycles. The molecule has 6 nitrogen and oxygen atoms in total. The van der Waals surface area contributed by atoms with Gasteiger partial charge in [0.1, 0.15) is 0 Å². The van der Waals surface area contributed by atoms with Gasteiger partial charge >= 0.3 is 0 Å². The molecule has 146 valence electrons. The maximum Gasteiger partial charge on any atom is 0.224 e. The number of ether oxygens (including phenoxy) is 1. The lowest BCUT2D eigenvalue weighted by Gasteiger charge is -2.29. The molecule has 2 unspecified atom stereocenters. The first-order valence-electron chi connectivity index (χ1n) is 10.0. The molecule has 2 fully saturated rings. The van der Waals surface area contributed by atoms with Gasteiger partial charge in [-0.2, -0.15) is 5.10 Å². The highest BCUT2D eigenvalue weighted by Gasteiger charge is 2.40. The molecule has 1 aliphatic carbocycles. The minimum atomic E-state index is 0.0461. The maximum atomic E-state index is 12.3. The third-order valence-electron chi connectivity index (χ3n) is 6.32. The molecule has 0 spiro atoms. The van der Waals surface area contributed by atoms with Crippen LogP contribution in [0.1, 0.15) is 62.0 Å². The lowest BCUT2D eigenvalue weighted by Crippen LogP contribution is -2.38. The summed E-state index contributed by atoms with van der Waals surface area (Å²) in [5, 5.41) is 8.13. The minimum absolute atomic E-state index is 0.0461. The van der Waals surface area contributed by atoms with Crippen molar-refractivity contribution in [1.82, 2.24) is 20.0 Å². The van der Waals surface area contributed by atoms with Gasteiger partial charge in [-0.1, -0.05) is 19.8 Å². The normalized spacial score (nSPS) is 29.6. The Bertz CT molecular complexity index is 642. The maximum absolute atomic E-state index is 12.3. The summed E-state index contributed by atoms with van der Waals surface area (Å²) in [6, 6.07) is 0.159. The molecule has 1 aliphatic heterocycles. The third-order valence-corrected chi connectivity index (χ3v) is 6.32. The van der Waals surface area contributed by atoms with Gasteiger partial charge < -0.3 is 15.0 Å². The number of hydrogen-bond donors (Lipinski definition) is 1. The van der Waals surface area contributed by atoms with Crippen LogP contribution in [0.2, 0.25) is 0 Å². The highest BCUT2D eigenvalue weighted by Crippen LogP contribution is 2.35. The number of amides is 1. The Kier molecular flexibility index (Phi) is 6.03. The van der Waals surface area contributed by atoms with Crippen LogP contribution in [0.4, 0.5) is 0 Å². The summed E-state index contributed by atoms with van der Waals surface area (Å²) >= 11 is 0. The monoisotopic (exact) mass is 362 g/mol. The first-order chi connectivity index (χ1) is 12.4. The van der Waals surface area contributed by atoms with Crippen molar-refractivity contribution in [2.45, 2.75) is 71.1 Å². The fourth-order valence-electron chi connectivity index (χ4n) is 4.65. The van der Waals surface area contributed by atoms with Crippen LogP contribution in [0.15, 0.2) is 0 Å². The highest BCUT2D eigenvalue weighted by molar-refractivity contribution is 5.80. The molecule has 1 saturated heterocycles. The molecule has 4 atom stereocenters. The Morgan fingerprint density at radius 3 is 2.62 bits per heavy atom. The molecule has 1 N–H and O–H groups in total. The Morgan fingerprint density at radius 1 is 1.23 bits per heavy atom. The van der Waals surface area contributed by atoms with E-state index in [0.29, 0.717) is 25.0 Å². The minimum Gasteiger partial charge on any atom is -0.377 e. The van der Waals surface area contributed by atoms with E-state index in [1.165, 1.54) is 31.2 Å². The molecule has 0 bridgehead atoms. The summed E-state index contributed by atoms with van der Waals surface area (Å²) in [7, 11) is 3.87. The zero-order valence-corrected chi connectivity index (χ0v) is 16.9. The second-order valence-corrected chi connectivity index (χ2v) is 8.09. The second kappa shape index (κ2) is 8.09. The van der Waals surface area contributed by atoms with Gasteiger partial charge in [-0.05, 0) is 32.6 Å². The third kappa shape index (κ3) is 3.81. The molecule has 0 aromatic carbocycles. The number of aromatic nitrogens is 2. The van der Waals surface area contributed by atoms with E-state index in [0.717, 1.165) is 17.9 Å². The van der Waals surface area contributed by atoms with Crippen LogP contribution in [0, 0.1) is 19.8 Å².